The van der Waals surface area contributed by atoms with E-state index in [0.29, 0.717) is 0 Å². The molecule has 0 fully saturated rings. The van der Waals surface area contributed by atoms with Gasteiger partial charge in [0.1, 0.15) is 11.6 Å². The molecule has 1 heterocycles. The largest absolute Gasteiger partial charge is 0.480 e. The number of benzene rings is 2. The molecule has 6 nitrogen and oxygen atoms in total. The lowest BCUT2D eigenvalue weighted by Gasteiger charge is -2.22. The molecular weight excluding hydrogens is 368 g/mol. The number of carboxylic acids is 1. The van der Waals surface area contributed by atoms with Crippen LogP contribution in [0.3, 0.4) is 0 Å². The average Bonchev–Trinajstić information content (AvgIpc) is 2.66. The molecule has 0 saturated carbocycles. The minimum absolute atomic E-state index is 0.158. The number of nitrogens with one attached hydrogen (secondary N) is 1. The molecule has 1 aromatic heterocycles. The smallest absolute Gasteiger partial charge is 0.408 e. The van der Waals surface area contributed by atoms with Gasteiger partial charge in [0.25, 0.3) is 0 Å². The second-order valence-electron chi connectivity index (χ2n) is 7.85. The Hall–Kier alpha value is -3.41. The molecule has 3 rings (SSSR count). The van der Waals surface area contributed by atoms with E-state index < -0.39 is 23.7 Å². The average molecular weight is 392 g/mol. The number of pyridine rings is 1. The maximum absolute atomic E-state index is 11.9. The molecule has 0 aliphatic heterocycles. The van der Waals surface area contributed by atoms with Crippen molar-refractivity contribution >= 4 is 23.0 Å². The first-order chi connectivity index (χ1) is 13.7. The van der Waals surface area contributed by atoms with E-state index in [1.165, 1.54) is 0 Å². The molecule has 1 amide bonds. The van der Waals surface area contributed by atoms with Gasteiger partial charge < -0.3 is 15.2 Å². The number of fused-ring (bicyclic) bond motifs is 1. The van der Waals surface area contributed by atoms with Gasteiger partial charge in [0, 0.05) is 23.6 Å². The minimum atomic E-state index is -1.11. The lowest BCUT2D eigenvalue weighted by molar-refractivity contribution is -0.139. The molecule has 0 spiro atoms. The van der Waals surface area contributed by atoms with Gasteiger partial charge in [-0.2, -0.15) is 0 Å². The molecule has 3 aromatic rings. The zero-order chi connectivity index (χ0) is 21.0. The fourth-order valence-electron chi connectivity index (χ4n) is 2.95. The van der Waals surface area contributed by atoms with E-state index in [2.05, 4.69) is 16.4 Å². The Morgan fingerprint density at radius 3 is 2.41 bits per heavy atom. The maximum atomic E-state index is 11.9. The highest BCUT2D eigenvalue weighted by molar-refractivity contribution is 5.83. The van der Waals surface area contributed by atoms with Crippen LogP contribution in [0, 0.1) is 0 Å². The number of hydrogen-bond acceptors (Lipinski definition) is 4. The molecule has 1 atom stereocenters. The van der Waals surface area contributed by atoms with Gasteiger partial charge in [-0.25, -0.2) is 9.59 Å². The predicted octanol–water partition coefficient (Wildman–Crippen LogP) is 4.42. The van der Waals surface area contributed by atoms with E-state index in [9.17, 15) is 14.7 Å². The maximum Gasteiger partial charge on any atom is 0.408 e. The highest BCUT2D eigenvalue weighted by atomic mass is 16.6. The predicted molar refractivity (Wildman–Crippen MR) is 112 cm³/mol. The standard InChI is InChI=1S/C23H24N2O4/c1-23(2,3)29-22(28)25-20(21(26)27)12-15-8-10-16(11-9-15)18-13-17-6-4-5-7-19(17)24-14-18/h4-11,13-14,20H,12H2,1-3H3,(H,25,28)(H,26,27)/t20-/m0/s1. The van der Waals surface area contributed by atoms with Crippen molar-refractivity contribution in [1.82, 2.24) is 10.3 Å². The second-order valence-corrected chi connectivity index (χ2v) is 7.85. The number of alkyl carbamates (subject to hydrolysis) is 1. The summed E-state index contributed by atoms with van der Waals surface area (Å²) in [5.41, 5.74) is 3.01. The summed E-state index contributed by atoms with van der Waals surface area (Å²) in [6, 6.07) is 16.5. The lowest BCUT2D eigenvalue weighted by Crippen LogP contribution is -2.44. The number of aromatic nitrogens is 1. The van der Waals surface area contributed by atoms with Gasteiger partial charge in [-0.3, -0.25) is 4.98 Å². The zero-order valence-electron chi connectivity index (χ0n) is 16.7. The molecule has 2 aromatic carbocycles. The van der Waals surface area contributed by atoms with E-state index in [4.69, 9.17) is 4.74 Å². The first-order valence-corrected chi connectivity index (χ1v) is 9.38. The van der Waals surface area contributed by atoms with Crippen LogP contribution < -0.4 is 5.32 Å². The van der Waals surface area contributed by atoms with E-state index in [0.717, 1.165) is 27.6 Å². The van der Waals surface area contributed by atoms with Crippen molar-refractivity contribution in [3.8, 4) is 11.1 Å². The molecule has 0 radical (unpaired) electrons. The number of para-hydroxylation sites is 1. The normalized spacial score (nSPS) is 12.4. The third-order valence-electron chi connectivity index (χ3n) is 4.31. The van der Waals surface area contributed by atoms with Crippen LogP contribution in [0.1, 0.15) is 26.3 Å². The van der Waals surface area contributed by atoms with Gasteiger partial charge in [0.15, 0.2) is 0 Å². The quantitative estimate of drug-likeness (QED) is 0.671. The summed E-state index contributed by atoms with van der Waals surface area (Å²) < 4.78 is 5.15. The van der Waals surface area contributed by atoms with Crippen molar-refractivity contribution in [2.24, 2.45) is 0 Å². The topological polar surface area (TPSA) is 88.5 Å². The number of hydrogen-bond donors (Lipinski definition) is 2. The van der Waals surface area contributed by atoms with Crippen LogP contribution in [0.15, 0.2) is 60.8 Å². The van der Waals surface area contributed by atoms with Crippen molar-refractivity contribution in [3.63, 3.8) is 0 Å². The van der Waals surface area contributed by atoms with E-state index in [1.54, 1.807) is 20.8 Å². The zero-order valence-corrected chi connectivity index (χ0v) is 16.7. The lowest BCUT2D eigenvalue weighted by atomic mass is 10.0. The van der Waals surface area contributed by atoms with Crippen LogP contribution in [-0.2, 0) is 16.0 Å². The van der Waals surface area contributed by atoms with E-state index in [1.807, 2.05) is 54.7 Å². The molecular formula is C23H24N2O4. The number of carbonyl (C=O) groups is 2. The van der Waals surface area contributed by atoms with Crippen molar-refractivity contribution in [2.45, 2.75) is 38.8 Å². The minimum Gasteiger partial charge on any atom is -0.480 e. The second kappa shape index (κ2) is 8.31. The summed E-state index contributed by atoms with van der Waals surface area (Å²) in [5.74, 6) is -1.11. The molecule has 150 valence electrons. The van der Waals surface area contributed by atoms with E-state index >= 15 is 0 Å². The number of nitrogens with zero attached hydrogens (tertiary/aromatic N) is 1. The first-order valence-electron chi connectivity index (χ1n) is 9.38. The summed E-state index contributed by atoms with van der Waals surface area (Å²) >= 11 is 0. The third-order valence-corrected chi connectivity index (χ3v) is 4.31. The van der Waals surface area contributed by atoms with Crippen LogP contribution >= 0.6 is 0 Å². The van der Waals surface area contributed by atoms with Crippen LogP contribution in [-0.4, -0.2) is 33.8 Å². The van der Waals surface area contributed by atoms with Gasteiger partial charge in [-0.15, -0.1) is 0 Å². The number of rotatable bonds is 5. The van der Waals surface area contributed by atoms with Crippen LogP contribution in [0.4, 0.5) is 4.79 Å². The fourth-order valence-corrected chi connectivity index (χ4v) is 2.95. The van der Waals surface area contributed by atoms with Crippen molar-refractivity contribution in [3.05, 3.63) is 66.4 Å². The van der Waals surface area contributed by atoms with Gasteiger partial charge >= 0.3 is 12.1 Å². The van der Waals surface area contributed by atoms with Crippen molar-refractivity contribution < 1.29 is 19.4 Å². The number of ether oxygens (including phenoxy) is 1. The molecule has 0 saturated heterocycles. The fraction of sp³-hybridized carbons (Fsp3) is 0.261. The highest BCUT2D eigenvalue weighted by Crippen LogP contribution is 2.23. The van der Waals surface area contributed by atoms with Crippen molar-refractivity contribution in [2.75, 3.05) is 0 Å². The Morgan fingerprint density at radius 2 is 1.76 bits per heavy atom. The molecule has 0 aliphatic rings. The number of carbonyl (C=O) groups excluding carboxylic acids is 1. The van der Waals surface area contributed by atoms with Crippen LogP contribution in [0.2, 0.25) is 0 Å². The molecule has 29 heavy (non-hydrogen) atoms. The van der Waals surface area contributed by atoms with E-state index in [-0.39, 0.29) is 6.42 Å². The first kappa shape index (κ1) is 20.3. The Morgan fingerprint density at radius 1 is 1.07 bits per heavy atom. The Balaban J connectivity index is 1.72. The van der Waals surface area contributed by atoms with Gasteiger partial charge in [0.2, 0.25) is 0 Å². The summed E-state index contributed by atoms with van der Waals surface area (Å²) in [6.07, 6.45) is 1.23. The Kier molecular flexibility index (Phi) is 5.82. The number of aliphatic carboxylic acids is 1. The summed E-state index contributed by atoms with van der Waals surface area (Å²) in [7, 11) is 0. The SMILES string of the molecule is CC(C)(C)OC(=O)N[C@@H](Cc1ccc(-c2cnc3ccccc3c2)cc1)C(=O)O. The molecule has 0 bridgehead atoms. The molecule has 0 unspecified atom stereocenters. The van der Waals surface area contributed by atoms with Gasteiger partial charge in [0.05, 0.1) is 5.52 Å². The highest BCUT2D eigenvalue weighted by Gasteiger charge is 2.24. The molecule has 2 N–H and O–H groups in total. The molecule has 6 heteroatoms. The Labute approximate surface area is 169 Å². The van der Waals surface area contributed by atoms with Gasteiger partial charge in [-0.05, 0) is 44.0 Å². The number of carboxylic acid groups (broad SMARTS) is 1. The number of amides is 1. The van der Waals surface area contributed by atoms with Crippen LogP contribution in [0.25, 0.3) is 22.0 Å². The van der Waals surface area contributed by atoms with Crippen LogP contribution in [0.5, 0.6) is 0 Å². The monoisotopic (exact) mass is 392 g/mol. The van der Waals surface area contributed by atoms with Gasteiger partial charge in [-0.1, -0.05) is 42.5 Å². The Bertz CT molecular complexity index is 1020. The summed E-state index contributed by atoms with van der Waals surface area (Å²) in [4.78, 5) is 27.9. The summed E-state index contributed by atoms with van der Waals surface area (Å²) in [6.45, 7) is 5.17. The van der Waals surface area contributed by atoms with Crippen molar-refractivity contribution in [1.29, 1.82) is 0 Å². The third kappa shape index (κ3) is 5.54. The molecule has 0 aliphatic carbocycles. The summed E-state index contributed by atoms with van der Waals surface area (Å²) in [5, 5.41) is 12.9.